The molecule has 1 heterocycles. The first kappa shape index (κ1) is 14.0. The molecule has 0 radical (unpaired) electrons. The van der Waals surface area contributed by atoms with E-state index in [1.807, 2.05) is 0 Å². The van der Waals surface area contributed by atoms with Gasteiger partial charge in [-0.25, -0.2) is 0 Å². The Morgan fingerprint density at radius 3 is 2.76 bits per heavy atom. The zero-order chi connectivity index (χ0) is 14.8. The summed E-state index contributed by atoms with van der Waals surface area (Å²) in [6.45, 7) is 4.85. The van der Waals surface area contributed by atoms with Crippen LogP contribution in [0.2, 0.25) is 0 Å². The minimum absolute atomic E-state index is 0.0738. The average Bonchev–Trinajstić information content (AvgIpc) is 2.74. The van der Waals surface area contributed by atoms with Crippen molar-refractivity contribution in [1.82, 2.24) is 5.32 Å². The Morgan fingerprint density at radius 1 is 1.14 bits per heavy atom. The molecule has 3 heteroatoms. The molecule has 3 aliphatic carbocycles. The number of nitrogens with one attached hydrogen (secondary N) is 1. The first-order chi connectivity index (χ1) is 9.92. The lowest BCUT2D eigenvalue weighted by Crippen LogP contribution is -2.60. The highest BCUT2D eigenvalue weighted by Crippen LogP contribution is 2.63. The molecule has 0 aromatic rings. The Balaban J connectivity index is 1.63. The maximum Gasteiger partial charge on any atom is 0.220 e. The van der Waals surface area contributed by atoms with Crippen molar-refractivity contribution in [2.24, 2.45) is 28.6 Å². The van der Waals surface area contributed by atoms with Gasteiger partial charge in [-0.2, -0.15) is 0 Å². The smallest absolute Gasteiger partial charge is 0.220 e. The lowest BCUT2D eigenvalue weighted by atomic mass is 9.48. The number of hydrogen-bond donors (Lipinski definition) is 2. The number of aliphatic hydroxyl groups excluding tert-OH is 1. The van der Waals surface area contributed by atoms with Gasteiger partial charge in [0.2, 0.25) is 5.91 Å². The van der Waals surface area contributed by atoms with E-state index in [0.29, 0.717) is 29.2 Å². The summed E-state index contributed by atoms with van der Waals surface area (Å²) >= 11 is 0. The normalized spacial score (nSPS) is 56.1. The molecule has 1 amide bonds. The standard InChI is InChI=1S/C18H29NO2/c1-17-7-5-13-12(14(17)9-11(20)10-17)3-4-15-18(13,2)8-6-16(21)19-15/h11-15,20H,3-10H2,1-2H3,(H,19,21)/t11-,12+,13-,14-,15+,17+,18+/m0/s1. The molecule has 0 spiro atoms. The molecule has 4 fully saturated rings. The SMILES string of the molecule is C[C@]12CC[C@H]3[C@@H](CC[C@H]4NC(=O)CC[C@@]43C)[C@@H]1C[C@H](O)C2. The number of rotatable bonds is 0. The minimum atomic E-state index is -0.0738. The molecule has 1 saturated heterocycles. The maximum absolute atomic E-state index is 11.8. The fourth-order valence-electron chi connectivity index (χ4n) is 6.72. The van der Waals surface area contributed by atoms with Gasteiger partial charge in [-0.05, 0) is 73.5 Å². The second-order valence-electron chi connectivity index (χ2n) is 8.87. The van der Waals surface area contributed by atoms with E-state index in [1.54, 1.807) is 0 Å². The number of piperidine rings is 1. The van der Waals surface area contributed by atoms with E-state index in [1.165, 1.54) is 19.3 Å². The van der Waals surface area contributed by atoms with Crippen LogP contribution in [0.15, 0.2) is 0 Å². The summed E-state index contributed by atoms with van der Waals surface area (Å²) in [6, 6.07) is 0.399. The van der Waals surface area contributed by atoms with Crippen LogP contribution < -0.4 is 5.32 Å². The van der Waals surface area contributed by atoms with Gasteiger partial charge in [-0.15, -0.1) is 0 Å². The highest BCUT2D eigenvalue weighted by atomic mass is 16.3. The number of hydrogen-bond acceptors (Lipinski definition) is 2. The molecule has 3 saturated carbocycles. The van der Waals surface area contributed by atoms with E-state index < -0.39 is 0 Å². The van der Waals surface area contributed by atoms with Gasteiger partial charge >= 0.3 is 0 Å². The zero-order valence-corrected chi connectivity index (χ0v) is 13.4. The molecule has 0 aromatic carbocycles. The van der Waals surface area contributed by atoms with Crippen molar-refractivity contribution in [3.05, 3.63) is 0 Å². The van der Waals surface area contributed by atoms with Crippen LogP contribution in [0.4, 0.5) is 0 Å². The molecule has 0 unspecified atom stereocenters. The summed E-state index contributed by atoms with van der Waals surface area (Å²) < 4.78 is 0. The summed E-state index contributed by atoms with van der Waals surface area (Å²) in [5.41, 5.74) is 0.674. The van der Waals surface area contributed by atoms with Crippen molar-refractivity contribution < 1.29 is 9.90 Å². The van der Waals surface area contributed by atoms with Crippen LogP contribution in [0.1, 0.15) is 65.2 Å². The van der Waals surface area contributed by atoms with Crippen LogP contribution in [0.3, 0.4) is 0 Å². The van der Waals surface area contributed by atoms with Gasteiger partial charge in [0.1, 0.15) is 0 Å². The fraction of sp³-hybridized carbons (Fsp3) is 0.944. The van der Waals surface area contributed by atoms with Crippen molar-refractivity contribution in [2.75, 3.05) is 0 Å². The summed E-state index contributed by atoms with van der Waals surface area (Å²) in [5, 5.41) is 13.5. The van der Waals surface area contributed by atoms with Gasteiger partial charge < -0.3 is 10.4 Å². The van der Waals surface area contributed by atoms with Crippen molar-refractivity contribution in [1.29, 1.82) is 0 Å². The summed E-state index contributed by atoms with van der Waals surface area (Å²) in [7, 11) is 0. The maximum atomic E-state index is 11.8. The zero-order valence-electron chi connectivity index (χ0n) is 13.4. The molecule has 4 rings (SSSR count). The molecule has 21 heavy (non-hydrogen) atoms. The van der Waals surface area contributed by atoms with E-state index in [4.69, 9.17) is 0 Å². The lowest BCUT2D eigenvalue weighted by molar-refractivity contribution is -0.135. The van der Waals surface area contributed by atoms with Crippen molar-refractivity contribution in [3.8, 4) is 0 Å². The highest BCUT2D eigenvalue weighted by molar-refractivity contribution is 5.77. The average molecular weight is 291 g/mol. The van der Waals surface area contributed by atoms with Crippen LogP contribution in [0.25, 0.3) is 0 Å². The molecule has 0 bridgehead atoms. The number of carbonyl (C=O) groups excluding carboxylic acids is 1. The second kappa shape index (κ2) is 4.47. The van der Waals surface area contributed by atoms with Gasteiger partial charge in [-0.3, -0.25) is 4.79 Å². The molecule has 4 aliphatic rings. The lowest BCUT2D eigenvalue weighted by Gasteiger charge is -2.59. The summed E-state index contributed by atoms with van der Waals surface area (Å²) in [5.74, 6) is 2.49. The van der Waals surface area contributed by atoms with Gasteiger partial charge in [0, 0.05) is 12.5 Å². The molecule has 1 aliphatic heterocycles. The molecular weight excluding hydrogens is 262 g/mol. The molecule has 2 N–H and O–H groups in total. The summed E-state index contributed by atoms with van der Waals surface area (Å²) in [4.78, 5) is 11.8. The Labute approximate surface area is 127 Å². The van der Waals surface area contributed by atoms with Crippen LogP contribution in [0.5, 0.6) is 0 Å². The number of amides is 1. The van der Waals surface area contributed by atoms with Crippen molar-refractivity contribution in [2.45, 2.75) is 77.4 Å². The number of fused-ring (bicyclic) bond motifs is 5. The predicted octanol–water partition coefficient (Wildman–Crippen LogP) is 2.87. The Kier molecular flexibility index (Phi) is 2.99. The van der Waals surface area contributed by atoms with Gasteiger partial charge in [-0.1, -0.05) is 13.8 Å². The van der Waals surface area contributed by atoms with Crippen LogP contribution in [-0.4, -0.2) is 23.2 Å². The Hall–Kier alpha value is -0.570. The third-order valence-corrected chi connectivity index (χ3v) is 7.84. The quantitative estimate of drug-likeness (QED) is 0.721. The van der Waals surface area contributed by atoms with E-state index in [9.17, 15) is 9.90 Å². The third kappa shape index (κ3) is 1.92. The first-order valence-electron chi connectivity index (χ1n) is 8.90. The van der Waals surface area contributed by atoms with E-state index in [-0.39, 0.29) is 12.0 Å². The van der Waals surface area contributed by atoms with E-state index in [0.717, 1.165) is 37.5 Å². The molecule has 0 aromatic heterocycles. The van der Waals surface area contributed by atoms with Crippen molar-refractivity contribution >= 4 is 5.91 Å². The monoisotopic (exact) mass is 291 g/mol. The fourth-order valence-corrected chi connectivity index (χ4v) is 6.72. The third-order valence-electron chi connectivity index (χ3n) is 7.84. The first-order valence-corrected chi connectivity index (χ1v) is 8.90. The van der Waals surface area contributed by atoms with Crippen molar-refractivity contribution in [3.63, 3.8) is 0 Å². The van der Waals surface area contributed by atoms with Crippen LogP contribution in [-0.2, 0) is 4.79 Å². The van der Waals surface area contributed by atoms with Crippen LogP contribution >= 0.6 is 0 Å². The molecule has 3 nitrogen and oxygen atoms in total. The Morgan fingerprint density at radius 2 is 1.95 bits per heavy atom. The van der Waals surface area contributed by atoms with Gasteiger partial charge in [0.15, 0.2) is 0 Å². The van der Waals surface area contributed by atoms with E-state index in [2.05, 4.69) is 19.2 Å². The van der Waals surface area contributed by atoms with Gasteiger partial charge in [0.25, 0.3) is 0 Å². The molecular formula is C18H29NO2. The second-order valence-corrected chi connectivity index (χ2v) is 8.87. The van der Waals surface area contributed by atoms with E-state index >= 15 is 0 Å². The predicted molar refractivity (Wildman–Crippen MR) is 81.6 cm³/mol. The number of aliphatic hydroxyl groups is 1. The van der Waals surface area contributed by atoms with Crippen LogP contribution in [0, 0.1) is 28.6 Å². The molecule has 118 valence electrons. The molecule has 7 atom stereocenters. The summed E-state index contributed by atoms with van der Waals surface area (Å²) in [6.07, 6.45) is 8.69. The Bertz CT molecular complexity index is 464. The highest BCUT2D eigenvalue weighted by Gasteiger charge is 2.59. The topological polar surface area (TPSA) is 49.3 Å². The number of carbonyl (C=O) groups is 1. The largest absolute Gasteiger partial charge is 0.393 e. The van der Waals surface area contributed by atoms with Gasteiger partial charge in [0.05, 0.1) is 6.10 Å². The minimum Gasteiger partial charge on any atom is -0.393 e.